The molecule has 6 heteroatoms. The Kier molecular flexibility index (Phi) is 3.45. The normalized spacial score (nSPS) is 14.4. The predicted octanol–water partition coefficient (Wildman–Crippen LogP) is 2.41. The molecule has 0 saturated carbocycles. The van der Waals surface area contributed by atoms with Crippen molar-refractivity contribution < 1.29 is 19.4 Å². The first kappa shape index (κ1) is 13.7. The van der Waals surface area contributed by atoms with E-state index in [-0.39, 0.29) is 12.5 Å². The first-order valence-electron chi connectivity index (χ1n) is 7.08. The lowest BCUT2D eigenvalue weighted by atomic mass is 10.2. The molecule has 1 N–H and O–H groups in total. The molecular weight excluding hydrogens is 272 g/mol. The SMILES string of the molecule is CC(C)c1nc2cc3c(cc2n1CC(=O)O)OCCCO3. The Morgan fingerprint density at radius 2 is 2.00 bits per heavy atom. The van der Waals surface area contributed by atoms with Crippen LogP contribution in [0.5, 0.6) is 11.5 Å². The van der Waals surface area contributed by atoms with Gasteiger partial charge in [-0.05, 0) is 0 Å². The van der Waals surface area contributed by atoms with Gasteiger partial charge in [-0.3, -0.25) is 4.79 Å². The van der Waals surface area contributed by atoms with Crippen LogP contribution in [0, 0.1) is 0 Å². The van der Waals surface area contributed by atoms with Gasteiger partial charge in [0.15, 0.2) is 11.5 Å². The third kappa shape index (κ3) is 2.53. The van der Waals surface area contributed by atoms with Crippen LogP contribution < -0.4 is 9.47 Å². The molecule has 6 nitrogen and oxygen atoms in total. The Morgan fingerprint density at radius 1 is 1.33 bits per heavy atom. The summed E-state index contributed by atoms with van der Waals surface area (Å²) in [5.41, 5.74) is 1.51. The minimum Gasteiger partial charge on any atom is -0.489 e. The van der Waals surface area contributed by atoms with Crippen molar-refractivity contribution in [2.24, 2.45) is 0 Å². The zero-order valence-electron chi connectivity index (χ0n) is 12.1. The van der Waals surface area contributed by atoms with Crippen LogP contribution >= 0.6 is 0 Å². The zero-order valence-corrected chi connectivity index (χ0v) is 12.1. The van der Waals surface area contributed by atoms with Gasteiger partial charge in [-0.1, -0.05) is 13.8 Å². The van der Waals surface area contributed by atoms with E-state index in [1.807, 2.05) is 26.0 Å². The number of hydrogen-bond acceptors (Lipinski definition) is 4. The van der Waals surface area contributed by atoms with Crippen LogP contribution in [0.4, 0.5) is 0 Å². The van der Waals surface area contributed by atoms with E-state index in [2.05, 4.69) is 4.98 Å². The second-order valence-corrected chi connectivity index (χ2v) is 5.44. The molecule has 0 spiro atoms. The maximum absolute atomic E-state index is 11.1. The highest BCUT2D eigenvalue weighted by Gasteiger charge is 2.19. The number of carboxylic acids is 1. The van der Waals surface area contributed by atoms with Gasteiger partial charge in [0.05, 0.1) is 24.2 Å². The molecule has 1 aliphatic heterocycles. The molecule has 2 aromatic rings. The lowest BCUT2D eigenvalue weighted by molar-refractivity contribution is -0.137. The first-order valence-corrected chi connectivity index (χ1v) is 7.08. The lowest BCUT2D eigenvalue weighted by Crippen LogP contribution is -2.12. The Morgan fingerprint density at radius 3 is 2.62 bits per heavy atom. The molecule has 0 aliphatic carbocycles. The van der Waals surface area contributed by atoms with Gasteiger partial charge in [0.2, 0.25) is 0 Å². The quantitative estimate of drug-likeness (QED) is 0.939. The molecule has 0 amide bonds. The highest BCUT2D eigenvalue weighted by Crippen LogP contribution is 2.35. The number of rotatable bonds is 3. The summed E-state index contributed by atoms with van der Waals surface area (Å²) < 4.78 is 13.1. The summed E-state index contributed by atoms with van der Waals surface area (Å²) in [6.07, 6.45) is 0.832. The van der Waals surface area contributed by atoms with Crippen molar-refractivity contribution >= 4 is 17.0 Å². The molecule has 0 fully saturated rings. The summed E-state index contributed by atoms with van der Waals surface area (Å²) >= 11 is 0. The molecule has 0 bridgehead atoms. The van der Waals surface area contributed by atoms with Gasteiger partial charge in [-0.2, -0.15) is 0 Å². The summed E-state index contributed by atoms with van der Waals surface area (Å²) in [7, 11) is 0. The van der Waals surface area contributed by atoms with Crippen molar-refractivity contribution in [1.29, 1.82) is 0 Å². The summed E-state index contributed by atoms with van der Waals surface area (Å²) in [6.45, 7) is 5.10. The van der Waals surface area contributed by atoms with Crippen molar-refractivity contribution in [3.05, 3.63) is 18.0 Å². The fourth-order valence-corrected chi connectivity index (χ4v) is 2.54. The molecule has 3 rings (SSSR count). The van der Waals surface area contributed by atoms with Crippen molar-refractivity contribution in [2.75, 3.05) is 13.2 Å². The Balaban J connectivity index is 2.19. The maximum Gasteiger partial charge on any atom is 0.323 e. The predicted molar refractivity (Wildman–Crippen MR) is 77.1 cm³/mol. The van der Waals surface area contributed by atoms with Crippen molar-refractivity contribution in [1.82, 2.24) is 9.55 Å². The van der Waals surface area contributed by atoms with Gasteiger partial charge < -0.3 is 19.1 Å². The number of aromatic nitrogens is 2. The van der Waals surface area contributed by atoms with E-state index in [4.69, 9.17) is 14.6 Å². The van der Waals surface area contributed by atoms with Crippen LogP contribution in [0.15, 0.2) is 12.1 Å². The van der Waals surface area contributed by atoms with Crippen LogP contribution in [-0.4, -0.2) is 33.8 Å². The van der Waals surface area contributed by atoms with E-state index in [0.717, 1.165) is 23.3 Å². The number of carbonyl (C=O) groups is 1. The van der Waals surface area contributed by atoms with E-state index >= 15 is 0 Å². The number of imidazole rings is 1. The number of ether oxygens (including phenoxy) is 2. The number of benzene rings is 1. The summed E-state index contributed by atoms with van der Waals surface area (Å²) in [6, 6.07) is 3.66. The van der Waals surface area contributed by atoms with E-state index in [1.54, 1.807) is 4.57 Å². The number of fused-ring (bicyclic) bond motifs is 2. The zero-order chi connectivity index (χ0) is 15.0. The first-order chi connectivity index (χ1) is 10.1. The molecule has 112 valence electrons. The smallest absolute Gasteiger partial charge is 0.323 e. The summed E-state index contributed by atoms with van der Waals surface area (Å²) in [4.78, 5) is 15.7. The van der Waals surface area contributed by atoms with Crippen LogP contribution in [-0.2, 0) is 11.3 Å². The van der Waals surface area contributed by atoms with Crippen LogP contribution in [0.3, 0.4) is 0 Å². The number of carboxylic acid groups (broad SMARTS) is 1. The third-order valence-corrected chi connectivity index (χ3v) is 3.46. The van der Waals surface area contributed by atoms with Crippen LogP contribution in [0.25, 0.3) is 11.0 Å². The number of aliphatic carboxylic acids is 1. The molecule has 2 heterocycles. The highest BCUT2D eigenvalue weighted by molar-refractivity contribution is 5.82. The standard InChI is InChI=1S/C15H18N2O4/c1-9(2)15-16-10-6-12-13(21-5-3-4-20-12)7-11(10)17(15)8-14(18)19/h6-7,9H,3-5,8H2,1-2H3,(H,18,19). The molecular formula is C15H18N2O4. The highest BCUT2D eigenvalue weighted by atomic mass is 16.5. The number of nitrogens with zero attached hydrogens (tertiary/aromatic N) is 2. The maximum atomic E-state index is 11.1. The molecule has 1 aromatic carbocycles. The largest absolute Gasteiger partial charge is 0.489 e. The molecule has 1 aromatic heterocycles. The lowest BCUT2D eigenvalue weighted by Gasteiger charge is -2.10. The second-order valence-electron chi connectivity index (χ2n) is 5.44. The summed E-state index contributed by atoms with van der Waals surface area (Å²) in [5, 5.41) is 9.13. The van der Waals surface area contributed by atoms with Crippen molar-refractivity contribution in [3.8, 4) is 11.5 Å². The average Bonchev–Trinajstić information content (AvgIpc) is 2.61. The van der Waals surface area contributed by atoms with E-state index in [1.165, 1.54) is 0 Å². The minimum atomic E-state index is -0.886. The average molecular weight is 290 g/mol. The van der Waals surface area contributed by atoms with Gasteiger partial charge in [0, 0.05) is 24.5 Å². The van der Waals surface area contributed by atoms with Gasteiger partial charge in [0.25, 0.3) is 0 Å². The van der Waals surface area contributed by atoms with Crippen molar-refractivity contribution in [3.63, 3.8) is 0 Å². The summed E-state index contributed by atoms with van der Waals surface area (Å²) in [5.74, 6) is 1.34. The minimum absolute atomic E-state index is 0.107. The number of hydrogen-bond donors (Lipinski definition) is 1. The van der Waals surface area contributed by atoms with E-state index in [0.29, 0.717) is 24.7 Å². The Hall–Kier alpha value is -2.24. The van der Waals surface area contributed by atoms with Crippen LogP contribution in [0.2, 0.25) is 0 Å². The van der Waals surface area contributed by atoms with E-state index in [9.17, 15) is 4.79 Å². The van der Waals surface area contributed by atoms with Gasteiger partial charge in [-0.15, -0.1) is 0 Å². The molecule has 0 atom stereocenters. The fraction of sp³-hybridized carbons (Fsp3) is 0.467. The van der Waals surface area contributed by atoms with Gasteiger partial charge in [0.1, 0.15) is 12.4 Å². The Bertz CT molecular complexity index is 691. The molecule has 0 radical (unpaired) electrons. The molecule has 0 saturated heterocycles. The Labute approximate surface area is 122 Å². The van der Waals surface area contributed by atoms with Crippen molar-refractivity contribution in [2.45, 2.75) is 32.7 Å². The topological polar surface area (TPSA) is 73.6 Å². The van der Waals surface area contributed by atoms with E-state index < -0.39 is 5.97 Å². The molecule has 0 unspecified atom stereocenters. The molecule has 1 aliphatic rings. The van der Waals surface area contributed by atoms with Gasteiger partial charge in [-0.25, -0.2) is 4.98 Å². The third-order valence-electron chi connectivity index (χ3n) is 3.46. The van der Waals surface area contributed by atoms with Crippen LogP contribution in [0.1, 0.15) is 32.0 Å². The van der Waals surface area contributed by atoms with Gasteiger partial charge >= 0.3 is 5.97 Å². The monoisotopic (exact) mass is 290 g/mol. The second kappa shape index (κ2) is 5.27. The fourth-order valence-electron chi connectivity index (χ4n) is 2.54. The molecule has 21 heavy (non-hydrogen) atoms.